The van der Waals surface area contributed by atoms with Gasteiger partial charge in [0.05, 0.1) is 12.7 Å². The van der Waals surface area contributed by atoms with Gasteiger partial charge in [0.15, 0.2) is 0 Å². The molecule has 0 aromatic carbocycles. The third-order valence-corrected chi connectivity index (χ3v) is 2.94. The van der Waals surface area contributed by atoms with E-state index >= 15 is 0 Å². The van der Waals surface area contributed by atoms with Crippen molar-refractivity contribution in [2.45, 2.75) is 64.6 Å². The Balaban J connectivity index is 2.19. The Labute approximate surface area is 109 Å². The predicted octanol–water partition coefficient (Wildman–Crippen LogP) is 3.22. The van der Waals surface area contributed by atoms with Crippen LogP contribution in [0.4, 0.5) is 4.79 Å². The molecule has 18 heavy (non-hydrogen) atoms. The molecule has 0 bridgehead atoms. The highest BCUT2D eigenvalue weighted by molar-refractivity contribution is 5.59. The van der Waals surface area contributed by atoms with Gasteiger partial charge in [0.1, 0.15) is 6.10 Å². The molecule has 2 unspecified atom stereocenters. The molecule has 0 aromatic heterocycles. The average Bonchev–Trinajstić information content (AvgIpc) is 2.37. The van der Waals surface area contributed by atoms with E-state index in [1.807, 2.05) is 0 Å². The topological polar surface area (TPSA) is 54.0 Å². The molecule has 0 aliphatic heterocycles. The van der Waals surface area contributed by atoms with Crippen LogP contribution in [0.3, 0.4) is 0 Å². The van der Waals surface area contributed by atoms with E-state index in [2.05, 4.69) is 16.7 Å². The van der Waals surface area contributed by atoms with Crippen LogP contribution in [-0.4, -0.2) is 31.6 Å². The number of rotatable bonds is 7. The molecular formula is C13H24O5. The summed E-state index contributed by atoms with van der Waals surface area (Å²) in [4.78, 5) is 20.2. The van der Waals surface area contributed by atoms with Crippen LogP contribution in [0.5, 0.6) is 0 Å². The summed E-state index contributed by atoms with van der Waals surface area (Å²) in [6, 6.07) is 0. The molecule has 2 atom stereocenters. The molecule has 0 saturated heterocycles. The molecule has 5 heteroatoms. The zero-order valence-corrected chi connectivity index (χ0v) is 11.4. The van der Waals surface area contributed by atoms with Crippen LogP contribution < -0.4 is 0 Å². The van der Waals surface area contributed by atoms with Crippen LogP contribution in [-0.2, 0) is 19.2 Å². The molecule has 1 aliphatic rings. The molecule has 1 saturated carbocycles. The molecule has 1 fully saturated rings. The van der Waals surface area contributed by atoms with E-state index in [9.17, 15) is 4.79 Å². The zero-order chi connectivity index (χ0) is 13.2. The maximum atomic E-state index is 11.2. The second-order valence-corrected chi connectivity index (χ2v) is 4.49. The summed E-state index contributed by atoms with van der Waals surface area (Å²) in [5, 5.41) is 0. The van der Waals surface area contributed by atoms with Gasteiger partial charge in [-0.15, -0.1) is 0 Å². The lowest BCUT2D eigenvalue weighted by molar-refractivity contribution is -0.255. The van der Waals surface area contributed by atoms with Gasteiger partial charge in [-0.2, -0.15) is 4.89 Å². The zero-order valence-electron chi connectivity index (χ0n) is 11.4. The molecule has 1 aliphatic carbocycles. The van der Waals surface area contributed by atoms with Crippen molar-refractivity contribution in [2.75, 3.05) is 13.2 Å². The first-order chi connectivity index (χ1) is 8.76. The van der Waals surface area contributed by atoms with Gasteiger partial charge in [0, 0.05) is 13.0 Å². The van der Waals surface area contributed by atoms with Crippen LogP contribution >= 0.6 is 0 Å². The highest BCUT2D eigenvalue weighted by atomic mass is 17.2. The summed E-state index contributed by atoms with van der Waals surface area (Å²) in [5.74, 6) is 0. The van der Waals surface area contributed by atoms with Crippen molar-refractivity contribution in [1.29, 1.82) is 0 Å². The van der Waals surface area contributed by atoms with Gasteiger partial charge in [0.2, 0.25) is 0 Å². The smallest absolute Gasteiger partial charge is 0.429 e. The summed E-state index contributed by atoms with van der Waals surface area (Å²) >= 11 is 0. The third kappa shape index (κ3) is 6.21. The standard InChI is InChI=1S/C13H24O5/c1-3-5-9-15-11-7-6-8-12(10-11)17-13(14)18-16-4-2/h11-12H,3-10H2,1-2H3. The van der Waals surface area contributed by atoms with E-state index in [4.69, 9.17) is 9.47 Å². The number of hydrogen-bond donors (Lipinski definition) is 0. The number of carbonyl (C=O) groups excluding carboxylic acids is 1. The van der Waals surface area contributed by atoms with Crippen molar-refractivity contribution in [3.63, 3.8) is 0 Å². The first-order valence-corrected chi connectivity index (χ1v) is 6.88. The Kier molecular flexibility index (Phi) is 7.76. The van der Waals surface area contributed by atoms with Gasteiger partial charge < -0.3 is 9.47 Å². The maximum absolute atomic E-state index is 11.2. The molecular weight excluding hydrogens is 236 g/mol. The predicted molar refractivity (Wildman–Crippen MR) is 66.1 cm³/mol. The fraction of sp³-hybridized carbons (Fsp3) is 0.923. The second kappa shape index (κ2) is 9.16. The van der Waals surface area contributed by atoms with Crippen molar-refractivity contribution < 1.29 is 24.0 Å². The molecule has 0 spiro atoms. The summed E-state index contributed by atoms with van der Waals surface area (Å²) < 4.78 is 10.9. The van der Waals surface area contributed by atoms with Gasteiger partial charge in [-0.05, 0) is 32.6 Å². The minimum atomic E-state index is -0.754. The fourth-order valence-corrected chi connectivity index (χ4v) is 2.02. The van der Waals surface area contributed by atoms with Crippen molar-refractivity contribution in [3.05, 3.63) is 0 Å². The van der Waals surface area contributed by atoms with Crippen LogP contribution in [0, 0.1) is 0 Å². The highest BCUT2D eigenvalue weighted by Gasteiger charge is 2.26. The average molecular weight is 260 g/mol. The molecule has 1 rings (SSSR count). The van der Waals surface area contributed by atoms with Gasteiger partial charge in [0.25, 0.3) is 0 Å². The van der Waals surface area contributed by atoms with Crippen molar-refractivity contribution in [1.82, 2.24) is 0 Å². The Morgan fingerprint density at radius 2 is 2.00 bits per heavy atom. The minimum absolute atomic E-state index is 0.113. The summed E-state index contributed by atoms with van der Waals surface area (Å²) in [7, 11) is 0. The normalized spacial score (nSPS) is 23.7. The fourth-order valence-electron chi connectivity index (χ4n) is 2.02. The third-order valence-electron chi connectivity index (χ3n) is 2.94. The number of unbranched alkanes of at least 4 members (excludes halogenated alkanes) is 1. The molecule has 0 amide bonds. The van der Waals surface area contributed by atoms with Gasteiger partial charge >= 0.3 is 6.16 Å². The van der Waals surface area contributed by atoms with Crippen LogP contribution in [0.15, 0.2) is 0 Å². The van der Waals surface area contributed by atoms with E-state index in [-0.39, 0.29) is 12.2 Å². The van der Waals surface area contributed by atoms with Crippen molar-refractivity contribution in [3.8, 4) is 0 Å². The monoisotopic (exact) mass is 260 g/mol. The Hall–Kier alpha value is -0.810. The Morgan fingerprint density at radius 3 is 2.72 bits per heavy atom. The largest absolute Gasteiger partial charge is 0.540 e. The molecule has 0 radical (unpaired) electrons. The maximum Gasteiger partial charge on any atom is 0.540 e. The Bertz CT molecular complexity index is 231. The van der Waals surface area contributed by atoms with Gasteiger partial charge in [-0.3, -0.25) is 4.89 Å². The number of ether oxygens (including phenoxy) is 2. The number of carbonyl (C=O) groups is 1. The Morgan fingerprint density at radius 1 is 1.22 bits per heavy atom. The summed E-state index contributed by atoms with van der Waals surface area (Å²) in [5.41, 5.74) is 0. The molecule has 0 aromatic rings. The second-order valence-electron chi connectivity index (χ2n) is 4.49. The van der Waals surface area contributed by atoms with E-state index in [0.29, 0.717) is 6.61 Å². The van der Waals surface area contributed by atoms with Gasteiger partial charge in [-0.1, -0.05) is 13.3 Å². The lowest BCUT2D eigenvalue weighted by Gasteiger charge is -2.28. The van der Waals surface area contributed by atoms with Crippen LogP contribution in [0.1, 0.15) is 52.4 Å². The summed E-state index contributed by atoms with van der Waals surface area (Å²) in [6.07, 6.45) is 5.24. The van der Waals surface area contributed by atoms with Crippen molar-refractivity contribution in [2.24, 2.45) is 0 Å². The van der Waals surface area contributed by atoms with Crippen LogP contribution in [0.25, 0.3) is 0 Å². The lowest BCUT2D eigenvalue weighted by Crippen LogP contribution is -2.30. The molecule has 0 N–H and O–H groups in total. The van der Waals surface area contributed by atoms with Gasteiger partial charge in [-0.25, -0.2) is 4.79 Å². The van der Waals surface area contributed by atoms with Crippen LogP contribution in [0.2, 0.25) is 0 Å². The van der Waals surface area contributed by atoms with E-state index < -0.39 is 6.16 Å². The number of hydrogen-bond acceptors (Lipinski definition) is 5. The highest BCUT2D eigenvalue weighted by Crippen LogP contribution is 2.24. The first-order valence-electron chi connectivity index (χ1n) is 6.88. The summed E-state index contributed by atoms with van der Waals surface area (Å²) in [6.45, 7) is 4.99. The molecule has 0 heterocycles. The quantitative estimate of drug-likeness (QED) is 0.304. The van der Waals surface area contributed by atoms with Crippen molar-refractivity contribution >= 4 is 6.16 Å². The van der Waals surface area contributed by atoms with E-state index in [0.717, 1.165) is 45.1 Å². The SMILES string of the molecule is CCCCOC1CCCC(OC(=O)OOCC)C1. The van der Waals surface area contributed by atoms with E-state index in [1.54, 1.807) is 6.92 Å². The van der Waals surface area contributed by atoms with E-state index in [1.165, 1.54) is 0 Å². The lowest BCUT2D eigenvalue weighted by atomic mass is 9.95. The molecule has 106 valence electrons. The minimum Gasteiger partial charge on any atom is -0.429 e. The molecule has 5 nitrogen and oxygen atoms in total. The first kappa shape index (κ1) is 15.2.